The van der Waals surface area contributed by atoms with Crippen LogP contribution in [0.2, 0.25) is 0 Å². The average molecular weight is 305 g/mol. The third kappa shape index (κ3) is 4.32. The molecule has 0 heterocycles. The molecule has 0 N–H and O–H groups in total. The van der Waals surface area contributed by atoms with Crippen molar-refractivity contribution in [3.05, 3.63) is 78.0 Å². The van der Waals surface area contributed by atoms with Gasteiger partial charge in [0.1, 0.15) is 0 Å². The molecule has 2 aromatic carbocycles. The zero-order valence-corrected chi connectivity index (χ0v) is 13.4. The summed E-state index contributed by atoms with van der Waals surface area (Å²) in [5, 5.41) is 12.6. The second-order valence-electron chi connectivity index (χ2n) is 6.14. The molecule has 0 bridgehead atoms. The Morgan fingerprint density at radius 3 is 2.13 bits per heavy atom. The quantitative estimate of drug-likeness (QED) is 0.479. The van der Waals surface area contributed by atoms with E-state index in [9.17, 15) is 5.11 Å². The zero-order valence-electron chi connectivity index (χ0n) is 13.4. The van der Waals surface area contributed by atoms with E-state index in [4.69, 9.17) is 0 Å². The minimum atomic E-state index is 0.0726. The fourth-order valence-corrected chi connectivity index (χ4v) is 3.15. The number of rotatable bonds is 4. The van der Waals surface area contributed by atoms with Crippen molar-refractivity contribution in [2.75, 3.05) is 0 Å². The first kappa shape index (κ1) is 15.5. The molecule has 0 aliphatic heterocycles. The van der Waals surface area contributed by atoms with Crippen molar-refractivity contribution in [2.24, 2.45) is 0 Å². The van der Waals surface area contributed by atoms with E-state index in [1.165, 1.54) is 19.3 Å². The van der Waals surface area contributed by atoms with Crippen LogP contribution in [0, 0.1) is 0 Å². The molecule has 1 saturated carbocycles. The number of hydrogen-bond acceptors (Lipinski definition) is 1. The number of benzene rings is 2. The predicted molar refractivity (Wildman–Crippen MR) is 93.2 cm³/mol. The fraction of sp³-hybridized carbons (Fsp3) is 0.286. The second-order valence-corrected chi connectivity index (χ2v) is 6.14. The van der Waals surface area contributed by atoms with Crippen LogP contribution in [0.3, 0.4) is 0 Å². The van der Waals surface area contributed by atoms with Gasteiger partial charge in [-0.05, 0) is 36.3 Å². The van der Waals surface area contributed by atoms with E-state index in [-0.39, 0.29) is 5.76 Å². The van der Waals surface area contributed by atoms with Gasteiger partial charge in [0.25, 0.3) is 0 Å². The summed E-state index contributed by atoms with van der Waals surface area (Å²) in [6.07, 6.45) is 10.00. The van der Waals surface area contributed by atoms with Crippen molar-refractivity contribution in [3.8, 4) is 0 Å². The Balaban J connectivity index is 1.93. The first-order chi connectivity index (χ1) is 11.3. The van der Waals surface area contributed by atoms with E-state index in [1.54, 1.807) is 6.20 Å². The van der Waals surface area contributed by atoms with Crippen LogP contribution in [-0.4, -0.2) is 16.8 Å². The van der Waals surface area contributed by atoms with Crippen LogP contribution in [0.1, 0.15) is 43.2 Å². The summed E-state index contributed by atoms with van der Waals surface area (Å²) in [6, 6.07) is 20.2. The van der Waals surface area contributed by atoms with E-state index in [0.29, 0.717) is 6.04 Å². The lowest BCUT2D eigenvalue weighted by molar-refractivity contribution is -0.503. The van der Waals surface area contributed by atoms with E-state index in [1.807, 2.05) is 48.5 Å². The molecule has 2 heteroatoms. The maximum atomic E-state index is 12.6. The van der Waals surface area contributed by atoms with Crippen LogP contribution >= 0.6 is 0 Å². The molecule has 1 aliphatic carbocycles. The minimum Gasteiger partial charge on any atom is -0.868 e. The van der Waals surface area contributed by atoms with Crippen LogP contribution in [0.15, 0.2) is 66.9 Å². The number of hydrogen-bond donors (Lipinski definition) is 0. The Hall–Kier alpha value is -2.35. The van der Waals surface area contributed by atoms with Gasteiger partial charge in [-0.1, -0.05) is 55.0 Å². The van der Waals surface area contributed by atoms with Crippen LogP contribution in [0.4, 0.5) is 0 Å². The molecule has 0 atom stereocenters. The van der Waals surface area contributed by atoms with Gasteiger partial charge in [0.2, 0.25) is 0 Å². The maximum absolute atomic E-state index is 12.6. The van der Waals surface area contributed by atoms with E-state index in [2.05, 4.69) is 22.9 Å². The predicted octanol–water partition coefficient (Wildman–Crippen LogP) is 3.81. The van der Waals surface area contributed by atoms with Gasteiger partial charge in [0.15, 0.2) is 18.5 Å². The lowest BCUT2D eigenvalue weighted by atomic mass is 9.95. The highest BCUT2D eigenvalue weighted by atomic mass is 16.3. The van der Waals surface area contributed by atoms with Crippen LogP contribution in [0.5, 0.6) is 0 Å². The summed E-state index contributed by atoms with van der Waals surface area (Å²) >= 11 is 0. The molecule has 23 heavy (non-hydrogen) atoms. The highest BCUT2D eigenvalue weighted by molar-refractivity contribution is 5.75. The Kier molecular flexibility index (Phi) is 5.25. The highest BCUT2D eigenvalue weighted by Gasteiger charge is 2.22. The van der Waals surface area contributed by atoms with Crippen molar-refractivity contribution in [2.45, 2.75) is 38.1 Å². The van der Waals surface area contributed by atoms with Crippen molar-refractivity contribution in [1.82, 2.24) is 0 Å². The monoisotopic (exact) mass is 305 g/mol. The standard InChI is InChI=1S/C21H23NO/c23-21(19-12-6-2-7-13-19)17-22(20-14-8-3-9-15-20)16-18-10-4-1-5-11-18/h1-2,4-7,10-13,16-17,20H,3,8-9,14-15H2/b21-17-,22-16?. The van der Waals surface area contributed by atoms with Gasteiger partial charge >= 0.3 is 0 Å². The lowest BCUT2D eigenvalue weighted by Gasteiger charge is -2.20. The fourth-order valence-electron chi connectivity index (χ4n) is 3.15. The number of nitrogens with zero attached hydrogens (tertiary/aromatic N) is 1. The molecule has 3 rings (SSSR count). The Bertz CT molecular complexity index is 668. The van der Waals surface area contributed by atoms with Crippen LogP contribution in [-0.2, 0) is 0 Å². The average Bonchev–Trinajstić information content (AvgIpc) is 2.63. The normalized spacial score (nSPS) is 17.2. The first-order valence-electron chi connectivity index (χ1n) is 8.44. The molecule has 0 radical (unpaired) electrons. The maximum Gasteiger partial charge on any atom is 0.176 e. The van der Waals surface area contributed by atoms with Gasteiger partial charge in [0.05, 0.1) is 0 Å². The summed E-state index contributed by atoms with van der Waals surface area (Å²) in [7, 11) is 0. The molecule has 118 valence electrons. The van der Waals surface area contributed by atoms with Crippen molar-refractivity contribution >= 4 is 12.0 Å². The molecule has 1 fully saturated rings. The second kappa shape index (κ2) is 7.77. The Morgan fingerprint density at radius 2 is 1.48 bits per heavy atom. The lowest BCUT2D eigenvalue weighted by Crippen LogP contribution is -2.27. The third-order valence-electron chi connectivity index (χ3n) is 4.42. The van der Waals surface area contributed by atoms with Crippen LogP contribution < -0.4 is 5.11 Å². The van der Waals surface area contributed by atoms with Gasteiger partial charge in [0, 0.05) is 18.4 Å². The summed E-state index contributed by atoms with van der Waals surface area (Å²) in [5.41, 5.74) is 1.88. The molecule has 0 aromatic heterocycles. The van der Waals surface area contributed by atoms with Crippen molar-refractivity contribution < 1.29 is 9.68 Å². The van der Waals surface area contributed by atoms with E-state index >= 15 is 0 Å². The van der Waals surface area contributed by atoms with Crippen molar-refractivity contribution in [3.63, 3.8) is 0 Å². The highest BCUT2D eigenvalue weighted by Crippen LogP contribution is 2.21. The Labute approximate surface area is 138 Å². The molecule has 0 spiro atoms. The SMILES string of the molecule is [O-]/C(=C\[N+](=Cc1ccccc1)C1CCCCC1)c1ccccc1. The Morgan fingerprint density at radius 1 is 0.870 bits per heavy atom. The summed E-state index contributed by atoms with van der Waals surface area (Å²) in [5.74, 6) is 0.0726. The smallest absolute Gasteiger partial charge is 0.176 e. The molecule has 0 unspecified atom stereocenters. The minimum absolute atomic E-state index is 0.0726. The van der Waals surface area contributed by atoms with Gasteiger partial charge in [-0.2, -0.15) is 0 Å². The van der Waals surface area contributed by atoms with Crippen molar-refractivity contribution in [1.29, 1.82) is 0 Å². The molecule has 0 saturated heterocycles. The van der Waals surface area contributed by atoms with E-state index < -0.39 is 0 Å². The van der Waals surface area contributed by atoms with Gasteiger partial charge in [-0.25, -0.2) is 4.58 Å². The van der Waals surface area contributed by atoms with Crippen LogP contribution in [0.25, 0.3) is 5.76 Å². The van der Waals surface area contributed by atoms with Gasteiger partial charge < -0.3 is 5.11 Å². The molecule has 0 amide bonds. The first-order valence-corrected chi connectivity index (χ1v) is 8.44. The van der Waals surface area contributed by atoms with Gasteiger partial charge in [-0.3, -0.25) is 0 Å². The molecule has 2 nitrogen and oxygen atoms in total. The molecule has 1 aliphatic rings. The summed E-state index contributed by atoms with van der Waals surface area (Å²) < 4.78 is 2.14. The molecular weight excluding hydrogens is 282 g/mol. The molecular formula is C21H23NO. The topological polar surface area (TPSA) is 26.1 Å². The van der Waals surface area contributed by atoms with E-state index in [0.717, 1.165) is 24.0 Å². The molecule has 2 aromatic rings. The summed E-state index contributed by atoms with van der Waals surface area (Å²) in [6.45, 7) is 0. The zero-order chi connectivity index (χ0) is 15.9. The largest absolute Gasteiger partial charge is 0.868 e. The van der Waals surface area contributed by atoms with Gasteiger partial charge in [-0.15, -0.1) is 0 Å². The third-order valence-corrected chi connectivity index (χ3v) is 4.42. The summed E-state index contributed by atoms with van der Waals surface area (Å²) in [4.78, 5) is 0.